The van der Waals surface area contributed by atoms with Gasteiger partial charge in [-0.15, -0.1) is 0 Å². The van der Waals surface area contributed by atoms with E-state index in [1.807, 2.05) is 19.9 Å². The number of ether oxygens (including phenoxy) is 1. The number of anilines is 1. The highest BCUT2D eigenvalue weighted by molar-refractivity contribution is 6.04. The predicted octanol–water partition coefficient (Wildman–Crippen LogP) is 3.14. The zero-order valence-electron chi connectivity index (χ0n) is 12.4. The molecule has 1 aliphatic carbocycles. The van der Waals surface area contributed by atoms with Gasteiger partial charge in [0.25, 0.3) is 0 Å². The van der Waals surface area contributed by atoms with Crippen LogP contribution in [0, 0.1) is 12.8 Å². The van der Waals surface area contributed by atoms with Crippen LogP contribution in [0.3, 0.4) is 0 Å². The van der Waals surface area contributed by atoms with E-state index in [-0.39, 0.29) is 11.9 Å². The fraction of sp³-hybridized carbons (Fsp3) is 0.625. The summed E-state index contributed by atoms with van der Waals surface area (Å²) in [5, 5.41) is 0. The molecule has 2 N–H and O–H groups in total. The van der Waals surface area contributed by atoms with Crippen LogP contribution in [-0.4, -0.2) is 23.5 Å². The van der Waals surface area contributed by atoms with Crippen LogP contribution < -0.4 is 5.73 Å². The van der Waals surface area contributed by atoms with Crippen molar-refractivity contribution in [2.24, 2.45) is 5.92 Å². The van der Waals surface area contributed by atoms with E-state index in [2.05, 4.69) is 4.98 Å². The average Bonchev–Trinajstić information content (AvgIpc) is 2.45. The van der Waals surface area contributed by atoms with Gasteiger partial charge in [0.1, 0.15) is 11.9 Å². The van der Waals surface area contributed by atoms with Gasteiger partial charge in [-0.1, -0.05) is 19.3 Å². The Morgan fingerprint density at radius 3 is 2.75 bits per heavy atom. The number of carbonyl (C=O) groups is 1. The highest BCUT2D eigenvalue weighted by Gasteiger charge is 2.32. The standard InChI is InChI=1S/C16H24N2O2/c1-3-20-15(12-7-5-4-6-8-12)14(19)13-11(2)9-10-18-16(13)17/h9-10,12,15H,3-8H2,1-2H3,(H2,17,18). The molecule has 1 unspecified atom stereocenters. The number of pyridine rings is 1. The molecule has 0 radical (unpaired) electrons. The van der Waals surface area contributed by atoms with E-state index in [4.69, 9.17) is 10.5 Å². The van der Waals surface area contributed by atoms with Crippen LogP contribution in [0.15, 0.2) is 12.3 Å². The smallest absolute Gasteiger partial charge is 0.195 e. The summed E-state index contributed by atoms with van der Waals surface area (Å²) in [6, 6.07) is 1.83. The van der Waals surface area contributed by atoms with Gasteiger partial charge < -0.3 is 10.5 Å². The summed E-state index contributed by atoms with van der Waals surface area (Å²) in [4.78, 5) is 16.9. The fourth-order valence-corrected chi connectivity index (χ4v) is 3.08. The first-order valence-corrected chi connectivity index (χ1v) is 7.52. The monoisotopic (exact) mass is 276 g/mol. The Bertz CT molecular complexity index is 447. The highest BCUT2D eigenvalue weighted by atomic mass is 16.5. The molecule has 1 aliphatic rings. The Morgan fingerprint density at radius 2 is 2.15 bits per heavy atom. The van der Waals surface area contributed by atoms with Crippen molar-refractivity contribution >= 4 is 11.6 Å². The molecule has 1 atom stereocenters. The third-order valence-corrected chi connectivity index (χ3v) is 4.12. The quantitative estimate of drug-likeness (QED) is 0.839. The molecule has 2 rings (SSSR count). The summed E-state index contributed by atoms with van der Waals surface area (Å²) in [6.45, 7) is 4.38. The Balaban J connectivity index is 2.26. The summed E-state index contributed by atoms with van der Waals surface area (Å²) in [7, 11) is 0. The second kappa shape index (κ2) is 6.84. The van der Waals surface area contributed by atoms with E-state index in [1.54, 1.807) is 6.20 Å². The lowest BCUT2D eigenvalue weighted by Crippen LogP contribution is -2.35. The van der Waals surface area contributed by atoms with Gasteiger partial charge in [0.05, 0.1) is 5.56 Å². The molecular formula is C16H24N2O2. The van der Waals surface area contributed by atoms with Gasteiger partial charge in [0, 0.05) is 12.8 Å². The van der Waals surface area contributed by atoms with Crippen molar-refractivity contribution in [2.75, 3.05) is 12.3 Å². The van der Waals surface area contributed by atoms with Crippen LogP contribution in [-0.2, 0) is 4.74 Å². The normalized spacial score (nSPS) is 17.9. The minimum atomic E-state index is -0.370. The maximum atomic E-state index is 12.8. The summed E-state index contributed by atoms with van der Waals surface area (Å²) < 4.78 is 5.77. The second-order valence-corrected chi connectivity index (χ2v) is 5.53. The fourth-order valence-electron chi connectivity index (χ4n) is 3.08. The number of Topliss-reactive ketones (excluding diaryl/α,β-unsaturated/α-hetero) is 1. The van der Waals surface area contributed by atoms with Crippen LogP contribution >= 0.6 is 0 Å². The number of aromatic nitrogens is 1. The van der Waals surface area contributed by atoms with Crippen LogP contribution in [0.2, 0.25) is 0 Å². The molecule has 4 heteroatoms. The van der Waals surface area contributed by atoms with Crippen LogP contribution in [0.5, 0.6) is 0 Å². The molecule has 4 nitrogen and oxygen atoms in total. The molecule has 0 saturated heterocycles. The number of carbonyl (C=O) groups excluding carboxylic acids is 1. The zero-order chi connectivity index (χ0) is 14.5. The van der Waals surface area contributed by atoms with E-state index in [1.165, 1.54) is 19.3 Å². The first-order valence-electron chi connectivity index (χ1n) is 7.52. The maximum absolute atomic E-state index is 12.8. The molecule has 1 saturated carbocycles. The first kappa shape index (κ1) is 15.0. The Labute approximate surface area is 120 Å². The Hall–Kier alpha value is -1.42. The molecule has 0 bridgehead atoms. The van der Waals surface area contributed by atoms with Crippen molar-refractivity contribution in [3.8, 4) is 0 Å². The Morgan fingerprint density at radius 1 is 1.45 bits per heavy atom. The maximum Gasteiger partial charge on any atom is 0.195 e. The SMILES string of the molecule is CCOC(C(=O)c1c(C)ccnc1N)C1CCCCC1. The van der Waals surface area contributed by atoms with Gasteiger partial charge in [-0.25, -0.2) is 4.98 Å². The lowest BCUT2D eigenvalue weighted by molar-refractivity contribution is 0.0127. The molecule has 20 heavy (non-hydrogen) atoms. The Kier molecular flexibility index (Phi) is 5.12. The molecule has 1 heterocycles. The molecule has 0 aliphatic heterocycles. The number of nitrogens with zero attached hydrogens (tertiary/aromatic N) is 1. The topological polar surface area (TPSA) is 65.2 Å². The average molecular weight is 276 g/mol. The van der Waals surface area contributed by atoms with E-state index >= 15 is 0 Å². The molecule has 0 amide bonds. The molecule has 1 fully saturated rings. The number of hydrogen-bond donors (Lipinski definition) is 1. The van der Waals surface area contributed by atoms with E-state index < -0.39 is 0 Å². The number of hydrogen-bond acceptors (Lipinski definition) is 4. The van der Waals surface area contributed by atoms with Crippen LogP contribution in [0.1, 0.15) is 54.9 Å². The third kappa shape index (κ3) is 3.18. The van der Waals surface area contributed by atoms with E-state index in [0.29, 0.717) is 23.9 Å². The van der Waals surface area contributed by atoms with Gasteiger partial charge >= 0.3 is 0 Å². The van der Waals surface area contributed by atoms with E-state index in [0.717, 1.165) is 18.4 Å². The minimum Gasteiger partial charge on any atom is -0.383 e. The van der Waals surface area contributed by atoms with Crippen molar-refractivity contribution in [1.82, 2.24) is 4.98 Å². The van der Waals surface area contributed by atoms with E-state index in [9.17, 15) is 4.79 Å². The number of nitrogen functional groups attached to an aromatic ring is 1. The predicted molar refractivity (Wildman–Crippen MR) is 79.7 cm³/mol. The van der Waals surface area contributed by atoms with Crippen LogP contribution in [0.4, 0.5) is 5.82 Å². The third-order valence-electron chi connectivity index (χ3n) is 4.12. The largest absolute Gasteiger partial charge is 0.383 e. The van der Waals surface area contributed by atoms with Gasteiger partial charge in [-0.3, -0.25) is 4.79 Å². The van der Waals surface area contributed by atoms with Crippen LogP contribution in [0.25, 0.3) is 0 Å². The van der Waals surface area contributed by atoms with Crippen molar-refractivity contribution in [3.05, 3.63) is 23.4 Å². The molecule has 0 spiro atoms. The molecule has 1 aromatic heterocycles. The molecule has 1 aromatic rings. The highest BCUT2D eigenvalue weighted by Crippen LogP contribution is 2.31. The van der Waals surface area contributed by atoms with Gasteiger partial charge in [0.2, 0.25) is 0 Å². The lowest BCUT2D eigenvalue weighted by atomic mass is 9.82. The zero-order valence-corrected chi connectivity index (χ0v) is 12.4. The summed E-state index contributed by atoms with van der Waals surface area (Å²) in [5.41, 5.74) is 7.31. The van der Waals surface area contributed by atoms with Crippen molar-refractivity contribution in [3.63, 3.8) is 0 Å². The number of aryl methyl sites for hydroxylation is 1. The summed E-state index contributed by atoms with van der Waals surface area (Å²) in [5.74, 6) is 0.632. The van der Waals surface area contributed by atoms with Crippen molar-refractivity contribution in [2.45, 2.75) is 52.1 Å². The van der Waals surface area contributed by atoms with Crippen molar-refractivity contribution < 1.29 is 9.53 Å². The number of ketones is 1. The van der Waals surface area contributed by atoms with Gasteiger partial charge in [0.15, 0.2) is 5.78 Å². The second-order valence-electron chi connectivity index (χ2n) is 5.53. The van der Waals surface area contributed by atoms with Crippen molar-refractivity contribution in [1.29, 1.82) is 0 Å². The number of rotatable bonds is 5. The van der Waals surface area contributed by atoms with Gasteiger partial charge in [-0.2, -0.15) is 0 Å². The summed E-state index contributed by atoms with van der Waals surface area (Å²) in [6.07, 6.45) is 7.03. The minimum absolute atomic E-state index is 0.00171. The molecule has 110 valence electrons. The molecular weight excluding hydrogens is 252 g/mol. The lowest BCUT2D eigenvalue weighted by Gasteiger charge is -2.29. The number of nitrogens with two attached hydrogens (primary N) is 1. The van der Waals surface area contributed by atoms with Gasteiger partial charge in [-0.05, 0) is 44.2 Å². The summed E-state index contributed by atoms with van der Waals surface area (Å²) >= 11 is 0. The first-order chi connectivity index (χ1) is 9.65. The molecule has 0 aromatic carbocycles.